The van der Waals surface area contributed by atoms with Gasteiger partial charge in [0.05, 0.1) is 29.2 Å². The molecule has 1 aromatic heterocycles. The first-order valence-corrected chi connectivity index (χ1v) is 13.7. The fourth-order valence-corrected chi connectivity index (χ4v) is 6.50. The van der Waals surface area contributed by atoms with Gasteiger partial charge in [0, 0.05) is 25.4 Å². The topological polar surface area (TPSA) is 95.0 Å². The van der Waals surface area contributed by atoms with Crippen molar-refractivity contribution in [3.63, 3.8) is 0 Å². The highest BCUT2D eigenvalue weighted by atomic mass is 35.5. The van der Waals surface area contributed by atoms with E-state index in [1.165, 1.54) is 43.1 Å². The van der Waals surface area contributed by atoms with Crippen LogP contribution < -0.4 is 9.47 Å². The zero-order valence-electron chi connectivity index (χ0n) is 20.3. The zero-order valence-corrected chi connectivity index (χ0v) is 22.6. The summed E-state index contributed by atoms with van der Waals surface area (Å²) in [5.74, 6) is 0.299. The Labute approximate surface area is 226 Å². The van der Waals surface area contributed by atoms with E-state index in [0.29, 0.717) is 45.5 Å². The fourth-order valence-electron chi connectivity index (χ4n) is 4.31. The van der Waals surface area contributed by atoms with E-state index >= 15 is 0 Å². The van der Waals surface area contributed by atoms with E-state index in [0.717, 1.165) is 0 Å². The monoisotopic (exact) mass is 564 g/mol. The predicted octanol–water partition coefficient (Wildman–Crippen LogP) is 5.09. The highest BCUT2D eigenvalue weighted by Crippen LogP contribution is 2.36. The summed E-state index contributed by atoms with van der Waals surface area (Å²) in [5.41, 5.74) is 1.15. The molecule has 0 amide bonds. The number of carbonyl (C=O) groups is 1. The second kappa shape index (κ2) is 11.7. The lowest BCUT2D eigenvalue weighted by atomic mass is 10.0. The van der Waals surface area contributed by atoms with Gasteiger partial charge in [0.2, 0.25) is 10.0 Å². The molecule has 2 heterocycles. The van der Waals surface area contributed by atoms with Crippen LogP contribution in [0.25, 0.3) is 0 Å². The van der Waals surface area contributed by atoms with Crippen molar-refractivity contribution in [1.82, 2.24) is 9.29 Å². The molecule has 196 valence electrons. The summed E-state index contributed by atoms with van der Waals surface area (Å²) < 4.78 is 44.5. The van der Waals surface area contributed by atoms with Crippen LogP contribution in [0.3, 0.4) is 0 Å². The van der Waals surface area contributed by atoms with Gasteiger partial charge in [-0.25, -0.2) is 8.42 Å². The summed E-state index contributed by atoms with van der Waals surface area (Å²) in [5, 5.41) is 0.645. The lowest BCUT2D eigenvalue weighted by Gasteiger charge is -2.26. The lowest BCUT2D eigenvalue weighted by Crippen LogP contribution is -2.41. The number of pyridine rings is 1. The Kier molecular flexibility index (Phi) is 8.59. The SMILES string of the molecule is COc1ccc(C(Cc2c(Cl)cncc2Cl)OC(=O)C2CCCN2S(=O)(=O)c2ccccc2)cc1OC. The van der Waals surface area contributed by atoms with Crippen molar-refractivity contribution >= 4 is 39.2 Å². The molecule has 1 saturated heterocycles. The summed E-state index contributed by atoms with van der Waals surface area (Å²) in [7, 11) is -0.855. The van der Waals surface area contributed by atoms with Crippen LogP contribution in [-0.4, -0.2) is 50.5 Å². The number of carbonyl (C=O) groups excluding carboxylic acids is 1. The molecule has 2 atom stereocenters. The number of aromatic nitrogens is 1. The van der Waals surface area contributed by atoms with Gasteiger partial charge >= 0.3 is 5.97 Å². The van der Waals surface area contributed by atoms with Crippen LogP contribution in [-0.2, 0) is 26.0 Å². The molecule has 0 saturated carbocycles. The molecule has 1 aliphatic heterocycles. The number of esters is 1. The maximum absolute atomic E-state index is 13.5. The smallest absolute Gasteiger partial charge is 0.325 e. The first kappa shape index (κ1) is 27.2. The Hall–Kier alpha value is -2.85. The Morgan fingerprint density at radius 2 is 1.73 bits per heavy atom. The molecule has 4 rings (SSSR count). The minimum Gasteiger partial charge on any atom is -0.493 e. The third kappa shape index (κ3) is 5.85. The molecule has 1 fully saturated rings. The maximum atomic E-state index is 13.5. The predicted molar refractivity (Wildman–Crippen MR) is 140 cm³/mol. The van der Waals surface area contributed by atoms with Crippen LogP contribution >= 0.6 is 23.2 Å². The van der Waals surface area contributed by atoms with Gasteiger partial charge in [-0.3, -0.25) is 9.78 Å². The molecule has 0 aliphatic carbocycles. The van der Waals surface area contributed by atoms with Gasteiger partial charge in [-0.05, 0) is 48.2 Å². The second-order valence-corrected chi connectivity index (χ2v) is 11.1. The van der Waals surface area contributed by atoms with Crippen molar-refractivity contribution in [2.75, 3.05) is 20.8 Å². The van der Waals surface area contributed by atoms with E-state index in [9.17, 15) is 13.2 Å². The molecule has 0 radical (unpaired) electrons. The zero-order chi connectivity index (χ0) is 26.6. The van der Waals surface area contributed by atoms with E-state index in [1.807, 2.05) is 0 Å². The van der Waals surface area contributed by atoms with Gasteiger partial charge in [-0.2, -0.15) is 4.31 Å². The lowest BCUT2D eigenvalue weighted by molar-refractivity contribution is -0.153. The molecule has 2 unspecified atom stereocenters. The Morgan fingerprint density at radius 1 is 1.05 bits per heavy atom. The van der Waals surface area contributed by atoms with E-state index < -0.39 is 28.1 Å². The molecule has 11 heteroatoms. The van der Waals surface area contributed by atoms with Crippen LogP contribution in [0.15, 0.2) is 65.8 Å². The Morgan fingerprint density at radius 3 is 2.38 bits per heavy atom. The molecule has 2 aromatic carbocycles. The minimum absolute atomic E-state index is 0.126. The third-order valence-corrected chi connectivity index (χ3v) is 8.78. The molecule has 3 aromatic rings. The summed E-state index contributed by atoms with van der Waals surface area (Å²) >= 11 is 12.7. The van der Waals surface area contributed by atoms with E-state index in [2.05, 4.69) is 4.98 Å². The number of ether oxygens (including phenoxy) is 3. The average Bonchev–Trinajstić information content (AvgIpc) is 3.41. The van der Waals surface area contributed by atoms with Crippen LogP contribution in [0.2, 0.25) is 10.0 Å². The quantitative estimate of drug-likeness (QED) is 0.334. The number of halogens is 2. The van der Waals surface area contributed by atoms with Gasteiger partial charge in [0.25, 0.3) is 0 Å². The first-order valence-electron chi connectivity index (χ1n) is 11.5. The summed E-state index contributed by atoms with van der Waals surface area (Å²) in [6, 6.07) is 12.2. The highest BCUT2D eigenvalue weighted by Gasteiger charge is 2.41. The van der Waals surface area contributed by atoms with Gasteiger partial charge in [0.1, 0.15) is 12.1 Å². The molecule has 1 aliphatic rings. The highest BCUT2D eigenvalue weighted by molar-refractivity contribution is 7.89. The number of hydrogen-bond donors (Lipinski definition) is 0. The Balaban J connectivity index is 1.66. The molecular weight excluding hydrogens is 539 g/mol. The average molecular weight is 565 g/mol. The normalized spacial score (nSPS) is 16.8. The number of benzene rings is 2. The molecule has 0 N–H and O–H groups in total. The number of rotatable bonds is 9. The van der Waals surface area contributed by atoms with E-state index in [-0.39, 0.29) is 17.9 Å². The van der Waals surface area contributed by atoms with E-state index in [4.69, 9.17) is 37.4 Å². The Bertz CT molecular complexity index is 1350. The number of methoxy groups -OCH3 is 2. The molecule has 8 nitrogen and oxygen atoms in total. The van der Waals surface area contributed by atoms with Crippen LogP contribution in [0, 0.1) is 0 Å². The molecule has 0 bridgehead atoms. The molecule has 0 spiro atoms. The van der Waals surface area contributed by atoms with Crippen molar-refractivity contribution < 1.29 is 27.4 Å². The van der Waals surface area contributed by atoms with Crippen LogP contribution in [0.5, 0.6) is 11.5 Å². The summed E-state index contributed by atoms with van der Waals surface area (Å²) in [6.45, 7) is 0.222. The summed E-state index contributed by atoms with van der Waals surface area (Å²) in [6.07, 6.45) is 3.10. The van der Waals surface area contributed by atoms with Gasteiger partial charge < -0.3 is 14.2 Å². The number of nitrogens with zero attached hydrogens (tertiary/aromatic N) is 2. The minimum atomic E-state index is -3.88. The summed E-state index contributed by atoms with van der Waals surface area (Å²) in [4.78, 5) is 17.6. The first-order chi connectivity index (χ1) is 17.8. The van der Waals surface area contributed by atoms with Crippen molar-refractivity contribution in [3.8, 4) is 11.5 Å². The fraction of sp³-hybridized carbons (Fsp3) is 0.308. The maximum Gasteiger partial charge on any atom is 0.325 e. The largest absolute Gasteiger partial charge is 0.493 e. The van der Waals surface area contributed by atoms with Crippen LogP contribution in [0.4, 0.5) is 0 Å². The van der Waals surface area contributed by atoms with Crippen molar-refractivity contribution in [3.05, 3.63) is 82.1 Å². The van der Waals surface area contributed by atoms with Crippen molar-refractivity contribution in [2.45, 2.75) is 36.3 Å². The molecule has 37 heavy (non-hydrogen) atoms. The number of hydrogen-bond acceptors (Lipinski definition) is 7. The van der Waals surface area contributed by atoms with Crippen molar-refractivity contribution in [2.24, 2.45) is 0 Å². The third-order valence-electron chi connectivity index (χ3n) is 6.21. The van der Waals surface area contributed by atoms with Crippen molar-refractivity contribution in [1.29, 1.82) is 0 Å². The van der Waals surface area contributed by atoms with Gasteiger partial charge in [0.15, 0.2) is 11.5 Å². The van der Waals surface area contributed by atoms with Crippen LogP contribution in [0.1, 0.15) is 30.1 Å². The van der Waals surface area contributed by atoms with E-state index in [1.54, 1.807) is 36.4 Å². The van der Waals surface area contributed by atoms with Gasteiger partial charge in [-0.1, -0.05) is 47.5 Å². The standard InChI is InChI=1S/C26H26Cl2N2O6S/c1-34-23-11-10-17(13-25(23)35-2)24(14-19-20(27)15-29-16-21(19)28)36-26(31)22-9-6-12-30(22)37(32,33)18-7-4-3-5-8-18/h3-5,7-8,10-11,13,15-16,22,24H,6,9,12,14H2,1-2H3. The second-order valence-electron chi connectivity index (χ2n) is 8.41. The number of sulfonamides is 1. The molecular formula is C26H26Cl2N2O6S. The van der Waals surface area contributed by atoms with Gasteiger partial charge in [-0.15, -0.1) is 0 Å².